The maximum Gasteiger partial charge on any atom is 0.170 e. The second kappa shape index (κ2) is 5.36. The summed E-state index contributed by atoms with van der Waals surface area (Å²) in [5, 5.41) is 9.21. The molecule has 18 heavy (non-hydrogen) atoms. The second-order valence-electron chi connectivity index (χ2n) is 4.18. The molecule has 2 rings (SSSR count). The zero-order chi connectivity index (χ0) is 13.1. The molecule has 3 heteroatoms. The number of halogens is 1. The molecule has 1 N–H and O–H groups in total. The van der Waals surface area contributed by atoms with Gasteiger partial charge in [0.05, 0.1) is 0 Å². The Balaban J connectivity index is 2.23. The number of ketones is 1. The van der Waals surface area contributed by atoms with Crippen LogP contribution in [0.4, 0.5) is 0 Å². The summed E-state index contributed by atoms with van der Waals surface area (Å²) in [6, 6.07) is 14.1. The van der Waals surface area contributed by atoms with Gasteiger partial charge in [-0.15, -0.1) is 0 Å². The van der Waals surface area contributed by atoms with Gasteiger partial charge in [-0.05, 0) is 42.0 Å². The summed E-state index contributed by atoms with van der Waals surface area (Å²) in [5.74, 6) is 0.0304. The zero-order valence-corrected chi connectivity index (χ0v) is 11.5. The Morgan fingerprint density at radius 3 is 2.17 bits per heavy atom. The third-order valence-electron chi connectivity index (χ3n) is 2.92. The molecule has 0 radical (unpaired) electrons. The third kappa shape index (κ3) is 2.79. The predicted octanol–water partition coefficient (Wildman–Crippen LogP) is 4.14. The van der Waals surface area contributed by atoms with Crippen LogP contribution in [0.2, 0.25) is 0 Å². The Kier molecular flexibility index (Phi) is 3.82. The average Bonchev–Trinajstić information content (AvgIpc) is 2.39. The Morgan fingerprint density at radius 1 is 1.06 bits per heavy atom. The normalized spacial score (nSPS) is 12.1. The standard InChI is InChI=1S/C15H13BrO2/c1-10(11-2-6-13(16)7-3-11)15(18)12-4-8-14(17)9-5-12/h2-10,17H,1H3. The van der Waals surface area contributed by atoms with E-state index in [9.17, 15) is 9.90 Å². The molecule has 0 aliphatic carbocycles. The van der Waals surface area contributed by atoms with Crippen LogP contribution in [0, 0.1) is 0 Å². The number of benzene rings is 2. The third-order valence-corrected chi connectivity index (χ3v) is 3.44. The molecule has 0 fully saturated rings. The van der Waals surface area contributed by atoms with E-state index < -0.39 is 0 Å². The molecule has 2 aromatic rings. The average molecular weight is 305 g/mol. The quantitative estimate of drug-likeness (QED) is 0.865. The fourth-order valence-corrected chi connectivity index (χ4v) is 2.04. The molecule has 1 unspecified atom stereocenters. The van der Waals surface area contributed by atoms with Crippen molar-refractivity contribution >= 4 is 21.7 Å². The minimum absolute atomic E-state index is 0.0531. The summed E-state index contributed by atoms with van der Waals surface area (Å²) >= 11 is 3.37. The highest BCUT2D eigenvalue weighted by atomic mass is 79.9. The fraction of sp³-hybridized carbons (Fsp3) is 0.133. The van der Waals surface area contributed by atoms with Gasteiger partial charge >= 0.3 is 0 Å². The summed E-state index contributed by atoms with van der Waals surface area (Å²) < 4.78 is 0.996. The predicted molar refractivity (Wildman–Crippen MR) is 75.0 cm³/mol. The van der Waals surface area contributed by atoms with E-state index in [1.807, 2.05) is 31.2 Å². The van der Waals surface area contributed by atoms with E-state index in [1.165, 1.54) is 12.1 Å². The largest absolute Gasteiger partial charge is 0.508 e. The SMILES string of the molecule is CC(C(=O)c1ccc(O)cc1)c1ccc(Br)cc1. The number of carbonyl (C=O) groups is 1. The Morgan fingerprint density at radius 2 is 1.61 bits per heavy atom. The van der Waals surface area contributed by atoms with Crippen LogP contribution < -0.4 is 0 Å². The van der Waals surface area contributed by atoms with Crippen LogP contribution in [0.25, 0.3) is 0 Å². The van der Waals surface area contributed by atoms with E-state index >= 15 is 0 Å². The fourth-order valence-electron chi connectivity index (χ4n) is 1.78. The van der Waals surface area contributed by atoms with Gasteiger partial charge in [-0.3, -0.25) is 4.79 Å². The molecule has 1 atom stereocenters. The molecule has 2 aromatic carbocycles. The lowest BCUT2D eigenvalue weighted by molar-refractivity contribution is 0.0966. The van der Waals surface area contributed by atoms with E-state index in [2.05, 4.69) is 15.9 Å². The highest BCUT2D eigenvalue weighted by Gasteiger charge is 2.16. The topological polar surface area (TPSA) is 37.3 Å². The van der Waals surface area contributed by atoms with Gasteiger partial charge in [-0.2, -0.15) is 0 Å². The number of Topliss-reactive ketones (excluding diaryl/α,β-unsaturated/α-hetero) is 1. The minimum atomic E-state index is -0.192. The van der Waals surface area contributed by atoms with E-state index in [4.69, 9.17) is 0 Å². The number of aromatic hydroxyl groups is 1. The summed E-state index contributed by atoms with van der Waals surface area (Å²) in [6.45, 7) is 1.89. The smallest absolute Gasteiger partial charge is 0.170 e. The maximum atomic E-state index is 12.2. The van der Waals surface area contributed by atoms with Gasteiger partial charge in [0, 0.05) is 16.0 Å². The number of phenolic OH excluding ortho intramolecular Hbond substituents is 1. The van der Waals surface area contributed by atoms with E-state index in [0.29, 0.717) is 5.56 Å². The number of hydrogen-bond donors (Lipinski definition) is 1. The number of hydrogen-bond acceptors (Lipinski definition) is 2. The molecule has 92 valence electrons. The van der Waals surface area contributed by atoms with Crippen LogP contribution in [0.5, 0.6) is 5.75 Å². The van der Waals surface area contributed by atoms with Crippen LogP contribution in [0.1, 0.15) is 28.8 Å². The van der Waals surface area contributed by atoms with Gasteiger partial charge < -0.3 is 5.11 Å². The molecule has 0 heterocycles. The second-order valence-corrected chi connectivity index (χ2v) is 5.10. The van der Waals surface area contributed by atoms with Gasteiger partial charge in [0.15, 0.2) is 5.78 Å². The Labute approximate surface area is 114 Å². The molecular weight excluding hydrogens is 292 g/mol. The van der Waals surface area contributed by atoms with Crippen molar-refractivity contribution in [3.05, 3.63) is 64.1 Å². The lowest BCUT2D eigenvalue weighted by Crippen LogP contribution is -2.09. The van der Waals surface area contributed by atoms with Crippen molar-refractivity contribution in [2.24, 2.45) is 0 Å². The van der Waals surface area contributed by atoms with Crippen molar-refractivity contribution in [1.29, 1.82) is 0 Å². The van der Waals surface area contributed by atoms with E-state index in [1.54, 1.807) is 12.1 Å². The van der Waals surface area contributed by atoms with Crippen LogP contribution in [0.15, 0.2) is 53.0 Å². The first-order valence-electron chi connectivity index (χ1n) is 5.66. The van der Waals surface area contributed by atoms with E-state index in [-0.39, 0.29) is 17.5 Å². The number of carbonyl (C=O) groups excluding carboxylic acids is 1. The molecule has 0 aliphatic heterocycles. The van der Waals surface area contributed by atoms with Crippen molar-refractivity contribution < 1.29 is 9.90 Å². The van der Waals surface area contributed by atoms with Gasteiger partial charge in [0.25, 0.3) is 0 Å². The van der Waals surface area contributed by atoms with Crippen LogP contribution in [-0.4, -0.2) is 10.9 Å². The molecule has 0 aromatic heterocycles. The Hall–Kier alpha value is -1.61. The van der Waals surface area contributed by atoms with Crippen molar-refractivity contribution in [2.75, 3.05) is 0 Å². The molecule has 0 saturated heterocycles. The highest BCUT2D eigenvalue weighted by Crippen LogP contribution is 2.23. The lowest BCUT2D eigenvalue weighted by Gasteiger charge is -2.11. The van der Waals surface area contributed by atoms with E-state index in [0.717, 1.165) is 10.0 Å². The van der Waals surface area contributed by atoms with Crippen molar-refractivity contribution in [1.82, 2.24) is 0 Å². The zero-order valence-electron chi connectivity index (χ0n) is 9.93. The van der Waals surface area contributed by atoms with Gasteiger partial charge in [0.2, 0.25) is 0 Å². The molecule has 0 bridgehead atoms. The van der Waals surface area contributed by atoms with Gasteiger partial charge in [-0.25, -0.2) is 0 Å². The maximum absolute atomic E-state index is 12.2. The number of rotatable bonds is 3. The first-order valence-corrected chi connectivity index (χ1v) is 6.46. The summed E-state index contributed by atoms with van der Waals surface area (Å²) in [6.07, 6.45) is 0. The molecule has 0 aliphatic rings. The van der Waals surface area contributed by atoms with Crippen LogP contribution in [-0.2, 0) is 0 Å². The molecule has 0 spiro atoms. The number of phenols is 1. The first kappa shape index (κ1) is 12.8. The van der Waals surface area contributed by atoms with Crippen molar-refractivity contribution in [3.8, 4) is 5.75 Å². The van der Waals surface area contributed by atoms with Crippen molar-refractivity contribution in [3.63, 3.8) is 0 Å². The minimum Gasteiger partial charge on any atom is -0.508 e. The van der Waals surface area contributed by atoms with Crippen LogP contribution >= 0.6 is 15.9 Å². The summed E-state index contributed by atoms with van der Waals surface area (Å²) in [4.78, 5) is 12.2. The van der Waals surface area contributed by atoms with Crippen LogP contribution in [0.3, 0.4) is 0 Å². The monoisotopic (exact) mass is 304 g/mol. The summed E-state index contributed by atoms with van der Waals surface area (Å²) in [7, 11) is 0. The summed E-state index contributed by atoms with van der Waals surface area (Å²) in [5.41, 5.74) is 1.60. The van der Waals surface area contributed by atoms with Crippen molar-refractivity contribution in [2.45, 2.75) is 12.8 Å². The highest BCUT2D eigenvalue weighted by molar-refractivity contribution is 9.10. The molecule has 0 amide bonds. The Bertz CT molecular complexity index is 544. The van der Waals surface area contributed by atoms with Gasteiger partial charge in [0.1, 0.15) is 5.75 Å². The molecular formula is C15H13BrO2. The molecule has 2 nitrogen and oxygen atoms in total. The lowest BCUT2D eigenvalue weighted by atomic mass is 9.92. The first-order chi connectivity index (χ1) is 8.58. The van der Waals surface area contributed by atoms with Gasteiger partial charge in [-0.1, -0.05) is 35.0 Å². The molecule has 0 saturated carbocycles.